The first-order valence-electron chi connectivity index (χ1n) is 5.65. The number of benzene rings is 1. The largest absolute Gasteiger partial charge is 0.320 e. The molecule has 19 heavy (non-hydrogen) atoms. The third-order valence-corrected chi connectivity index (χ3v) is 3.71. The van der Waals surface area contributed by atoms with Crippen molar-refractivity contribution >= 4 is 15.7 Å². The van der Waals surface area contributed by atoms with Crippen LogP contribution in [0.25, 0.3) is 0 Å². The van der Waals surface area contributed by atoms with Gasteiger partial charge >= 0.3 is 0 Å². The summed E-state index contributed by atoms with van der Waals surface area (Å²) in [5, 5.41) is 2.85. The second kappa shape index (κ2) is 6.76. The smallest absolute Gasteiger partial charge is 0.232 e. The summed E-state index contributed by atoms with van der Waals surface area (Å²) in [6.07, 6.45) is 0.979. The highest BCUT2D eigenvalue weighted by Gasteiger charge is 2.16. The van der Waals surface area contributed by atoms with Gasteiger partial charge in [0.15, 0.2) is 11.6 Å². The van der Waals surface area contributed by atoms with E-state index in [1.165, 1.54) is 0 Å². The molecule has 1 aromatic rings. The third kappa shape index (κ3) is 5.07. The number of halogens is 3. The zero-order valence-corrected chi connectivity index (χ0v) is 11.2. The minimum absolute atomic E-state index is 0.244. The van der Waals surface area contributed by atoms with E-state index in [0.29, 0.717) is 31.5 Å². The maximum Gasteiger partial charge on any atom is 0.232 e. The lowest BCUT2D eigenvalue weighted by Gasteiger charge is -2.09. The molecule has 1 aromatic carbocycles. The predicted octanol–water partition coefficient (Wildman–Crippen LogP) is 1.85. The van der Waals surface area contributed by atoms with Crippen LogP contribution in [0, 0.1) is 17.5 Å². The molecule has 1 rings (SSSR count). The zero-order chi connectivity index (χ0) is 14.5. The molecule has 4 nitrogen and oxygen atoms in total. The highest BCUT2D eigenvalue weighted by atomic mass is 32.2. The molecule has 0 amide bonds. The Balaban J connectivity index is 2.73. The fraction of sp³-hybridized carbons (Fsp3) is 0.455. The van der Waals surface area contributed by atoms with Gasteiger partial charge in [-0.2, -0.15) is 0 Å². The average molecular weight is 296 g/mol. The lowest BCUT2D eigenvalue weighted by Crippen LogP contribution is -2.19. The summed E-state index contributed by atoms with van der Waals surface area (Å²) in [7, 11) is -2.09. The standard InChI is InChI=1S/C11H15F3N2O2S/c1-15-4-2-3-5-19(17,18)16-10-7-8(12)6-9(13)11(10)14/h6-7,15-16H,2-5H2,1H3. The van der Waals surface area contributed by atoms with Crippen molar-refractivity contribution in [3.8, 4) is 0 Å². The molecule has 108 valence electrons. The Morgan fingerprint density at radius 1 is 1.16 bits per heavy atom. The Morgan fingerprint density at radius 3 is 2.47 bits per heavy atom. The van der Waals surface area contributed by atoms with Crippen molar-refractivity contribution < 1.29 is 21.6 Å². The van der Waals surface area contributed by atoms with Crippen molar-refractivity contribution in [2.24, 2.45) is 0 Å². The predicted molar refractivity (Wildman–Crippen MR) is 66.9 cm³/mol. The summed E-state index contributed by atoms with van der Waals surface area (Å²) in [6, 6.07) is 0.948. The van der Waals surface area contributed by atoms with Crippen LogP contribution in [0.3, 0.4) is 0 Å². The molecule has 0 aromatic heterocycles. The van der Waals surface area contributed by atoms with Gasteiger partial charge in [0.05, 0.1) is 11.4 Å². The Morgan fingerprint density at radius 2 is 1.84 bits per heavy atom. The summed E-state index contributed by atoms with van der Waals surface area (Å²) in [6.45, 7) is 0.651. The lowest BCUT2D eigenvalue weighted by atomic mass is 10.3. The molecule has 0 aliphatic heterocycles. The van der Waals surface area contributed by atoms with Crippen LogP contribution in [0.2, 0.25) is 0 Å². The van der Waals surface area contributed by atoms with E-state index in [2.05, 4.69) is 5.32 Å². The van der Waals surface area contributed by atoms with Crippen molar-refractivity contribution in [1.29, 1.82) is 0 Å². The van der Waals surface area contributed by atoms with Gasteiger partial charge in [-0.25, -0.2) is 21.6 Å². The van der Waals surface area contributed by atoms with E-state index in [0.717, 1.165) is 0 Å². The SMILES string of the molecule is CNCCCCS(=O)(=O)Nc1cc(F)cc(F)c1F. The molecular formula is C11H15F3N2O2S. The molecule has 0 bridgehead atoms. The minimum Gasteiger partial charge on any atom is -0.320 e. The van der Waals surface area contributed by atoms with Crippen molar-refractivity contribution in [1.82, 2.24) is 5.32 Å². The Bertz CT molecular complexity index is 535. The van der Waals surface area contributed by atoms with Crippen LogP contribution in [0.5, 0.6) is 0 Å². The zero-order valence-electron chi connectivity index (χ0n) is 10.3. The maximum atomic E-state index is 13.3. The van der Waals surface area contributed by atoms with Gasteiger partial charge in [0.1, 0.15) is 5.82 Å². The normalized spacial score (nSPS) is 11.6. The van der Waals surface area contributed by atoms with E-state index in [4.69, 9.17) is 0 Å². The van der Waals surface area contributed by atoms with E-state index < -0.39 is 33.2 Å². The van der Waals surface area contributed by atoms with E-state index >= 15 is 0 Å². The number of anilines is 1. The Kier molecular flexibility index (Phi) is 5.61. The lowest BCUT2D eigenvalue weighted by molar-refractivity contribution is 0.498. The van der Waals surface area contributed by atoms with Crippen molar-refractivity contribution in [3.05, 3.63) is 29.6 Å². The number of rotatable bonds is 7. The quantitative estimate of drug-likeness (QED) is 0.596. The number of hydrogen-bond acceptors (Lipinski definition) is 3. The van der Waals surface area contributed by atoms with Crippen LogP contribution >= 0.6 is 0 Å². The van der Waals surface area contributed by atoms with Crippen molar-refractivity contribution in [3.63, 3.8) is 0 Å². The summed E-state index contributed by atoms with van der Waals surface area (Å²) in [5.74, 6) is -4.15. The molecule has 0 atom stereocenters. The molecule has 0 fully saturated rings. The van der Waals surface area contributed by atoms with Gasteiger partial charge in [-0.3, -0.25) is 4.72 Å². The fourth-order valence-electron chi connectivity index (χ4n) is 1.44. The number of nitrogens with one attached hydrogen (secondary N) is 2. The molecule has 0 aliphatic carbocycles. The highest BCUT2D eigenvalue weighted by Crippen LogP contribution is 2.20. The third-order valence-electron chi connectivity index (χ3n) is 2.35. The van der Waals surface area contributed by atoms with Gasteiger partial charge in [-0.1, -0.05) is 0 Å². The second-order valence-electron chi connectivity index (χ2n) is 3.98. The van der Waals surface area contributed by atoms with Gasteiger partial charge in [-0.15, -0.1) is 0 Å². The fourth-order valence-corrected chi connectivity index (χ4v) is 2.61. The molecule has 0 unspecified atom stereocenters. The van der Waals surface area contributed by atoms with Crippen molar-refractivity contribution in [2.45, 2.75) is 12.8 Å². The minimum atomic E-state index is -3.82. The van der Waals surface area contributed by atoms with Crippen LogP contribution in [-0.4, -0.2) is 27.8 Å². The molecular weight excluding hydrogens is 281 g/mol. The molecule has 2 N–H and O–H groups in total. The summed E-state index contributed by atoms with van der Waals surface area (Å²) in [5.41, 5.74) is -0.717. The molecule has 0 spiro atoms. The number of sulfonamides is 1. The molecule has 0 saturated carbocycles. The number of unbranched alkanes of at least 4 members (excludes halogenated alkanes) is 1. The van der Waals surface area contributed by atoms with Gasteiger partial charge < -0.3 is 5.32 Å². The molecule has 0 saturated heterocycles. The highest BCUT2D eigenvalue weighted by molar-refractivity contribution is 7.92. The second-order valence-corrected chi connectivity index (χ2v) is 5.82. The Labute approximate surface area is 110 Å². The first-order chi connectivity index (χ1) is 8.85. The first-order valence-corrected chi connectivity index (χ1v) is 7.30. The van der Waals surface area contributed by atoms with Gasteiger partial charge in [0, 0.05) is 12.1 Å². The first kappa shape index (κ1) is 15.8. The maximum absolute atomic E-state index is 13.3. The van der Waals surface area contributed by atoms with Crippen LogP contribution in [-0.2, 0) is 10.0 Å². The number of hydrogen-bond donors (Lipinski definition) is 2. The van der Waals surface area contributed by atoms with Crippen LogP contribution in [0.4, 0.5) is 18.9 Å². The average Bonchev–Trinajstić information content (AvgIpc) is 2.31. The van der Waals surface area contributed by atoms with Crippen LogP contribution in [0.15, 0.2) is 12.1 Å². The van der Waals surface area contributed by atoms with Gasteiger partial charge in [-0.05, 0) is 26.4 Å². The summed E-state index contributed by atoms with van der Waals surface area (Å²) < 4.78 is 64.1. The molecule has 0 radical (unpaired) electrons. The summed E-state index contributed by atoms with van der Waals surface area (Å²) >= 11 is 0. The van der Waals surface area contributed by atoms with E-state index in [9.17, 15) is 21.6 Å². The van der Waals surface area contributed by atoms with Crippen LogP contribution in [0.1, 0.15) is 12.8 Å². The monoisotopic (exact) mass is 296 g/mol. The van der Waals surface area contributed by atoms with Crippen molar-refractivity contribution in [2.75, 3.05) is 24.1 Å². The molecule has 0 heterocycles. The Hall–Kier alpha value is -1.28. The van der Waals surface area contributed by atoms with E-state index in [1.54, 1.807) is 7.05 Å². The van der Waals surface area contributed by atoms with E-state index in [-0.39, 0.29) is 5.75 Å². The summed E-state index contributed by atoms with van der Waals surface area (Å²) in [4.78, 5) is 0. The molecule has 0 aliphatic rings. The van der Waals surface area contributed by atoms with Gasteiger partial charge in [0.25, 0.3) is 0 Å². The van der Waals surface area contributed by atoms with Crippen LogP contribution < -0.4 is 10.0 Å². The van der Waals surface area contributed by atoms with E-state index in [1.807, 2.05) is 4.72 Å². The molecule has 8 heteroatoms. The topological polar surface area (TPSA) is 58.2 Å². The van der Waals surface area contributed by atoms with Gasteiger partial charge in [0.2, 0.25) is 10.0 Å².